The van der Waals surface area contributed by atoms with Gasteiger partial charge >= 0.3 is 17.6 Å². The van der Waals surface area contributed by atoms with E-state index in [9.17, 15) is 24.6 Å². The van der Waals surface area contributed by atoms with E-state index in [0.717, 1.165) is 5.56 Å². The van der Waals surface area contributed by atoms with Crippen molar-refractivity contribution in [3.05, 3.63) is 82.0 Å². The van der Waals surface area contributed by atoms with Crippen molar-refractivity contribution in [2.75, 3.05) is 6.61 Å². The Morgan fingerprint density at radius 2 is 1.84 bits per heavy atom. The number of benzene rings is 1. The van der Waals surface area contributed by atoms with Gasteiger partial charge in [0.05, 0.1) is 24.4 Å². The molecule has 238 valence electrons. The minimum Gasteiger partial charge on any atom is -0.482 e. The normalized spacial score (nSPS) is 33.5. The van der Waals surface area contributed by atoms with Gasteiger partial charge in [-0.2, -0.15) is 0 Å². The second kappa shape index (κ2) is 11.1. The third-order valence-corrected chi connectivity index (χ3v) is 10.7. The number of carbonyl (C=O) groups is 2. The molecule has 8 atom stereocenters. The van der Waals surface area contributed by atoms with Gasteiger partial charge in [0.25, 0.3) is 0 Å². The summed E-state index contributed by atoms with van der Waals surface area (Å²) in [5.41, 5.74) is -1.81. The molecule has 1 aliphatic heterocycles. The molecule has 0 bridgehead atoms. The van der Waals surface area contributed by atoms with Crippen LogP contribution >= 0.6 is 0 Å². The van der Waals surface area contributed by atoms with E-state index in [1.54, 1.807) is 42.7 Å². The Labute approximate surface area is 261 Å². The first kappa shape index (κ1) is 31.0. The highest BCUT2D eigenvalue weighted by atomic mass is 16.6. The largest absolute Gasteiger partial charge is 0.482 e. The zero-order valence-corrected chi connectivity index (χ0v) is 26.1. The number of hydrogen-bond acceptors (Lipinski definition) is 10. The van der Waals surface area contributed by atoms with Crippen LogP contribution in [0.3, 0.4) is 0 Å². The van der Waals surface area contributed by atoms with Crippen molar-refractivity contribution >= 4 is 11.9 Å². The van der Waals surface area contributed by atoms with E-state index in [1.165, 1.54) is 6.92 Å². The SMILES string of the molecule is CC(=O)OCC1(C)C2C[C@H](OC(=O)c3ccc(C)cc3)[C@@]3(C)Oc4cc(-c5cccnc5)oc(=O)c4[C@H](O)C3[C@@]2(C)CC[C@@H]1O. The summed E-state index contributed by atoms with van der Waals surface area (Å²) >= 11 is 0. The number of ether oxygens (including phenoxy) is 3. The van der Waals surface area contributed by atoms with E-state index in [0.29, 0.717) is 24.0 Å². The minimum absolute atomic E-state index is 0.0107. The van der Waals surface area contributed by atoms with Crippen LogP contribution in [0.5, 0.6) is 5.75 Å². The van der Waals surface area contributed by atoms with Crippen LogP contribution in [0.4, 0.5) is 0 Å². The molecule has 2 fully saturated rings. The van der Waals surface area contributed by atoms with Crippen molar-refractivity contribution in [3.63, 3.8) is 0 Å². The minimum atomic E-state index is -1.35. The molecule has 3 heterocycles. The summed E-state index contributed by atoms with van der Waals surface area (Å²) in [6.45, 7) is 8.87. The molecule has 45 heavy (non-hydrogen) atoms. The molecule has 2 saturated carbocycles. The lowest BCUT2D eigenvalue weighted by molar-refractivity contribution is -0.264. The molecule has 10 heteroatoms. The Hall–Kier alpha value is -4.02. The second-order valence-corrected chi connectivity index (χ2v) is 13.5. The van der Waals surface area contributed by atoms with Gasteiger partial charge in [0.15, 0.2) is 0 Å². The van der Waals surface area contributed by atoms with E-state index < -0.39 is 64.1 Å². The molecule has 2 aliphatic carbocycles. The summed E-state index contributed by atoms with van der Waals surface area (Å²) in [4.78, 5) is 43.2. The number of aromatic nitrogens is 1. The van der Waals surface area contributed by atoms with E-state index in [2.05, 4.69) is 4.98 Å². The summed E-state index contributed by atoms with van der Waals surface area (Å²) in [6, 6.07) is 12.1. The second-order valence-electron chi connectivity index (χ2n) is 13.5. The van der Waals surface area contributed by atoms with Crippen LogP contribution in [0.2, 0.25) is 0 Å². The number of aliphatic hydroxyl groups is 2. The molecule has 1 aromatic carbocycles. The molecule has 0 amide bonds. The topological polar surface area (TPSA) is 145 Å². The zero-order chi connectivity index (χ0) is 32.3. The maximum atomic E-state index is 13.6. The van der Waals surface area contributed by atoms with Crippen molar-refractivity contribution in [2.45, 2.75) is 77.8 Å². The Morgan fingerprint density at radius 1 is 1.11 bits per heavy atom. The number of esters is 2. The standard InChI is InChI=1S/C35H39NO9/c1-19-8-10-21(11-9-19)31(40)44-27-16-25-33(3,13-12-26(38)34(25,4)18-42-20(2)37)30-29(39)28-24(45-35(27,30)5)15-23(43-32(28)41)22-7-6-14-36-17-22/h6-11,14-15,17,25-27,29-30,38-39H,12-13,16,18H2,1-5H3/t25?,26-,27-,29-,30?,33-,34?,35+/m0/s1. The number of fused-ring (bicyclic) bond motifs is 4. The zero-order valence-electron chi connectivity index (χ0n) is 26.1. The predicted molar refractivity (Wildman–Crippen MR) is 162 cm³/mol. The number of nitrogens with zero attached hydrogens (tertiary/aromatic N) is 1. The van der Waals surface area contributed by atoms with Gasteiger partial charge < -0.3 is 28.8 Å². The molecule has 2 aromatic heterocycles. The molecule has 3 unspecified atom stereocenters. The Bertz CT molecular complexity index is 1670. The first-order valence-electron chi connectivity index (χ1n) is 15.3. The molecule has 6 rings (SSSR count). The Morgan fingerprint density at radius 3 is 2.51 bits per heavy atom. The maximum absolute atomic E-state index is 13.6. The third kappa shape index (κ3) is 5.04. The fraction of sp³-hybridized carbons (Fsp3) is 0.486. The molecule has 10 nitrogen and oxygen atoms in total. The number of carbonyl (C=O) groups excluding carboxylic acids is 2. The maximum Gasteiger partial charge on any atom is 0.345 e. The van der Waals surface area contributed by atoms with Crippen LogP contribution in [-0.4, -0.2) is 51.6 Å². The number of aliphatic hydroxyl groups excluding tert-OH is 2. The lowest BCUT2D eigenvalue weighted by Gasteiger charge is -2.66. The van der Waals surface area contributed by atoms with E-state index >= 15 is 0 Å². The lowest BCUT2D eigenvalue weighted by atomic mass is 9.42. The van der Waals surface area contributed by atoms with Gasteiger partial charge in [0.1, 0.15) is 28.8 Å². The number of rotatable bonds is 5. The van der Waals surface area contributed by atoms with Gasteiger partial charge in [-0.05, 0) is 68.7 Å². The van der Waals surface area contributed by atoms with Crippen LogP contribution in [0.1, 0.15) is 74.5 Å². The van der Waals surface area contributed by atoms with Crippen molar-refractivity contribution in [1.82, 2.24) is 4.98 Å². The van der Waals surface area contributed by atoms with Gasteiger partial charge in [-0.15, -0.1) is 0 Å². The highest BCUT2D eigenvalue weighted by molar-refractivity contribution is 5.89. The Kier molecular flexibility index (Phi) is 7.64. The summed E-state index contributed by atoms with van der Waals surface area (Å²) < 4.78 is 24.2. The monoisotopic (exact) mass is 617 g/mol. The number of hydrogen-bond donors (Lipinski definition) is 2. The first-order valence-corrected chi connectivity index (χ1v) is 15.3. The number of aryl methyl sites for hydroxylation is 1. The average Bonchev–Trinajstić information content (AvgIpc) is 2.99. The number of pyridine rings is 1. The lowest BCUT2D eigenvalue weighted by Crippen LogP contribution is -2.71. The fourth-order valence-corrected chi connectivity index (χ4v) is 8.35. The van der Waals surface area contributed by atoms with Crippen LogP contribution in [-0.2, 0) is 14.3 Å². The van der Waals surface area contributed by atoms with Crippen LogP contribution in [0.25, 0.3) is 11.3 Å². The molecule has 0 spiro atoms. The van der Waals surface area contributed by atoms with Gasteiger partial charge in [-0.25, -0.2) is 9.59 Å². The first-order chi connectivity index (χ1) is 21.3. The highest BCUT2D eigenvalue weighted by Gasteiger charge is 2.70. The fourth-order valence-electron chi connectivity index (χ4n) is 8.35. The highest BCUT2D eigenvalue weighted by Crippen LogP contribution is 2.67. The van der Waals surface area contributed by atoms with Crippen LogP contribution < -0.4 is 10.4 Å². The van der Waals surface area contributed by atoms with Crippen molar-refractivity contribution < 1.29 is 38.4 Å². The Balaban J connectivity index is 1.49. The smallest absolute Gasteiger partial charge is 0.345 e. The summed E-state index contributed by atoms with van der Waals surface area (Å²) in [5, 5.41) is 23.6. The molecule has 2 N–H and O–H groups in total. The molecule has 0 saturated heterocycles. The van der Waals surface area contributed by atoms with Gasteiger partial charge in [-0.3, -0.25) is 9.78 Å². The summed E-state index contributed by atoms with van der Waals surface area (Å²) in [7, 11) is 0. The van der Waals surface area contributed by atoms with E-state index in [-0.39, 0.29) is 30.1 Å². The quantitative estimate of drug-likeness (QED) is 0.384. The molecular formula is C35H39NO9. The average molecular weight is 618 g/mol. The van der Waals surface area contributed by atoms with Crippen LogP contribution in [0, 0.1) is 29.6 Å². The molecule has 3 aliphatic rings. The van der Waals surface area contributed by atoms with Gasteiger partial charge in [0.2, 0.25) is 0 Å². The van der Waals surface area contributed by atoms with Crippen molar-refractivity contribution in [2.24, 2.45) is 22.7 Å². The molecule has 3 aromatic rings. The van der Waals surface area contributed by atoms with Crippen molar-refractivity contribution in [3.8, 4) is 17.1 Å². The third-order valence-electron chi connectivity index (χ3n) is 10.7. The summed E-state index contributed by atoms with van der Waals surface area (Å²) in [6.07, 6.45) is 1.20. The van der Waals surface area contributed by atoms with E-state index in [4.69, 9.17) is 18.6 Å². The van der Waals surface area contributed by atoms with Crippen LogP contribution in [0.15, 0.2) is 64.1 Å². The van der Waals surface area contributed by atoms with Gasteiger partial charge in [-0.1, -0.05) is 31.5 Å². The van der Waals surface area contributed by atoms with Crippen molar-refractivity contribution in [1.29, 1.82) is 0 Å². The summed E-state index contributed by atoms with van der Waals surface area (Å²) in [5.74, 6) is -1.83. The molecular weight excluding hydrogens is 578 g/mol. The predicted octanol–water partition coefficient (Wildman–Crippen LogP) is 4.79. The van der Waals surface area contributed by atoms with E-state index in [1.807, 2.05) is 39.8 Å². The van der Waals surface area contributed by atoms with Gasteiger partial charge in [0, 0.05) is 42.3 Å². The molecule has 0 radical (unpaired) electrons.